The fourth-order valence-corrected chi connectivity index (χ4v) is 3.32. The highest BCUT2D eigenvalue weighted by Gasteiger charge is 2.33. The molecule has 2 bridgehead atoms. The van der Waals surface area contributed by atoms with E-state index in [9.17, 15) is 0 Å². The lowest BCUT2D eigenvalue weighted by molar-refractivity contribution is 0.0719. The van der Waals surface area contributed by atoms with Crippen molar-refractivity contribution in [1.82, 2.24) is 15.2 Å². The van der Waals surface area contributed by atoms with Gasteiger partial charge in [0, 0.05) is 24.5 Å². The molecule has 0 aromatic carbocycles. The summed E-state index contributed by atoms with van der Waals surface area (Å²) in [7, 11) is 0. The largest absolute Gasteiger partial charge is 0.307 e. The lowest BCUT2D eigenvalue weighted by atomic mass is 9.84. The van der Waals surface area contributed by atoms with Gasteiger partial charge in [-0.05, 0) is 31.8 Å². The quantitative estimate of drug-likeness (QED) is 0.838. The van der Waals surface area contributed by atoms with Crippen molar-refractivity contribution in [3.63, 3.8) is 0 Å². The lowest BCUT2D eigenvalue weighted by Crippen LogP contribution is -2.55. The number of piperidine rings is 3. The summed E-state index contributed by atoms with van der Waals surface area (Å²) in [5.41, 5.74) is 3.10. The Kier molecular flexibility index (Phi) is 2.73. The Morgan fingerprint density at radius 2 is 2.33 bits per heavy atom. The third-order valence-corrected chi connectivity index (χ3v) is 4.32. The normalized spacial score (nSPS) is 34.5. The van der Waals surface area contributed by atoms with Crippen molar-refractivity contribution >= 4 is 11.3 Å². The zero-order valence-corrected chi connectivity index (χ0v) is 9.67. The van der Waals surface area contributed by atoms with E-state index in [0.29, 0.717) is 6.04 Å². The zero-order chi connectivity index (χ0) is 10.1. The highest BCUT2D eigenvalue weighted by atomic mass is 32.1. The number of thiazole rings is 1. The van der Waals surface area contributed by atoms with Crippen LogP contribution in [0.2, 0.25) is 0 Å². The summed E-state index contributed by atoms with van der Waals surface area (Å²) in [5.74, 6) is 0.911. The molecule has 1 aromatic heterocycles. The van der Waals surface area contributed by atoms with Gasteiger partial charge in [-0.25, -0.2) is 4.98 Å². The third-order valence-electron chi connectivity index (χ3n) is 3.69. The second-order valence-electron chi connectivity index (χ2n) is 4.61. The fourth-order valence-electron chi connectivity index (χ4n) is 2.76. The van der Waals surface area contributed by atoms with E-state index < -0.39 is 0 Å². The molecule has 3 saturated heterocycles. The molecular weight excluding hydrogens is 206 g/mol. The minimum atomic E-state index is 0.703. The van der Waals surface area contributed by atoms with E-state index >= 15 is 0 Å². The fraction of sp³-hybridized carbons (Fsp3) is 0.727. The summed E-state index contributed by atoms with van der Waals surface area (Å²) >= 11 is 1.68. The van der Waals surface area contributed by atoms with Crippen molar-refractivity contribution in [3.05, 3.63) is 16.6 Å². The molecule has 3 nitrogen and oxygen atoms in total. The summed E-state index contributed by atoms with van der Waals surface area (Å²) in [6.45, 7) is 4.83. The summed E-state index contributed by atoms with van der Waals surface area (Å²) in [6.07, 6.45) is 2.77. The predicted molar refractivity (Wildman–Crippen MR) is 61.9 cm³/mol. The van der Waals surface area contributed by atoms with Crippen molar-refractivity contribution in [3.8, 4) is 0 Å². The smallest absolute Gasteiger partial charge is 0.0795 e. The van der Waals surface area contributed by atoms with Gasteiger partial charge in [0.1, 0.15) is 0 Å². The van der Waals surface area contributed by atoms with Gasteiger partial charge >= 0.3 is 0 Å². The van der Waals surface area contributed by atoms with Crippen molar-refractivity contribution < 1.29 is 0 Å². The predicted octanol–water partition coefficient (Wildman–Crippen LogP) is 1.33. The number of rotatable bonds is 3. The minimum absolute atomic E-state index is 0.703. The summed E-state index contributed by atoms with van der Waals surface area (Å²) < 4.78 is 0. The van der Waals surface area contributed by atoms with Gasteiger partial charge in [-0.3, -0.25) is 0 Å². The van der Waals surface area contributed by atoms with Crippen molar-refractivity contribution in [2.24, 2.45) is 5.92 Å². The Hall–Kier alpha value is -0.450. The summed E-state index contributed by atoms with van der Waals surface area (Å²) in [4.78, 5) is 6.89. The van der Waals surface area contributed by atoms with E-state index in [0.717, 1.165) is 12.5 Å². The molecule has 1 N–H and O–H groups in total. The Balaban J connectivity index is 1.55. The van der Waals surface area contributed by atoms with E-state index in [2.05, 4.69) is 20.6 Å². The maximum absolute atomic E-state index is 4.31. The molecular formula is C11H17N3S. The Morgan fingerprint density at radius 1 is 1.47 bits per heavy atom. The summed E-state index contributed by atoms with van der Waals surface area (Å²) in [5, 5.41) is 5.79. The van der Waals surface area contributed by atoms with Crippen molar-refractivity contribution in [2.45, 2.75) is 25.4 Å². The molecule has 82 valence electrons. The molecule has 0 saturated carbocycles. The number of aromatic nitrogens is 1. The van der Waals surface area contributed by atoms with E-state index in [1.54, 1.807) is 11.3 Å². The van der Waals surface area contributed by atoms with Crippen LogP contribution in [0.25, 0.3) is 0 Å². The Morgan fingerprint density at radius 3 is 2.93 bits per heavy atom. The molecule has 1 unspecified atom stereocenters. The topological polar surface area (TPSA) is 28.2 Å². The van der Waals surface area contributed by atoms with Crippen molar-refractivity contribution in [1.29, 1.82) is 0 Å². The van der Waals surface area contributed by atoms with Crippen LogP contribution in [-0.4, -0.2) is 35.6 Å². The van der Waals surface area contributed by atoms with Gasteiger partial charge in [-0.1, -0.05) is 0 Å². The van der Waals surface area contributed by atoms with Crippen LogP contribution in [0.1, 0.15) is 18.5 Å². The molecule has 4 heterocycles. The number of hydrogen-bond acceptors (Lipinski definition) is 4. The van der Waals surface area contributed by atoms with E-state index in [-0.39, 0.29) is 0 Å². The standard InChI is InChI=1S/C11H17N3S/c1-3-14-4-2-9(1)11(6-14)12-5-10-7-15-8-13-10/h7-9,11-12H,1-6H2. The first-order valence-electron chi connectivity index (χ1n) is 5.74. The average Bonchev–Trinajstić information content (AvgIpc) is 2.81. The van der Waals surface area contributed by atoms with Crippen LogP contribution < -0.4 is 5.32 Å². The first-order valence-corrected chi connectivity index (χ1v) is 6.69. The maximum atomic E-state index is 4.31. The molecule has 0 amide bonds. The molecule has 0 radical (unpaired) electrons. The van der Waals surface area contributed by atoms with E-state index in [1.807, 2.05) is 5.51 Å². The molecule has 4 heteroatoms. The van der Waals surface area contributed by atoms with Gasteiger partial charge in [-0.2, -0.15) is 0 Å². The van der Waals surface area contributed by atoms with Crippen LogP contribution in [0.15, 0.2) is 10.9 Å². The molecule has 3 aliphatic heterocycles. The number of hydrogen-bond donors (Lipinski definition) is 1. The molecule has 1 atom stereocenters. The highest BCUT2D eigenvalue weighted by molar-refractivity contribution is 7.07. The lowest BCUT2D eigenvalue weighted by Gasteiger charge is -2.45. The van der Waals surface area contributed by atoms with E-state index in [4.69, 9.17) is 0 Å². The second-order valence-corrected chi connectivity index (χ2v) is 5.32. The van der Waals surface area contributed by atoms with Gasteiger partial charge < -0.3 is 10.2 Å². The van der Waals surface area contributed by atoms with Gasteiger partial charge in [0.2, 0.25) is 0 Å². The molecule has 15 heavy (non-hydrogen) atoms. The number of nitrogens with one attached hydrogen (secondary N) is 1. The van der Waals surface area contributed by atoms with Crippen LogP contribution in [0.3, 0.4) is 0 Å². The molecule has 0 spiro atoms. The number of nitrogens with zero attached hydrogens (tertiary/aromatic N) is 2. The maximum Gasteiger partial charge on any atom is 0.0795 e. The number of fused-ring (bicyclic) bond motifs is 3. The van der Waals surface area contributed by atoms with Gasteiger partial charge in [0.25, 0.3) is 0 Å². The first kappa shape index (κ1) is 9.75. The van der Waals surface area contributed by atoms with Crippen LogP contribution >= 0.6 is 11.3 Å². The zero-order valence-electron chi connectivity index (χ0n) is 8.85. The Bertz CT molecular complexity index is 304. The highest BCUT2D eigenvalue weighted by Crippen LogP contribution is 2.27. The van der Waals surface area contributed by atoms with Gasteiger partial charge in [0.05, 0.1) is 11.2 Å². The molecule has 4 rings (SSSR count). The van der Waals surface area contributed by atoms with E-state index in [1.165, 1.54) is 38.2 Å². The minimum Gasteiger partial charge on any atom is -0.307 e. The van der Waals surface area contributed by atoms with Crippen LogP contribution in [0.5, 0.6) is 0 Å². The molecule has 3 aliphatic rings. The molecule has 3 fully saturated rings. The average molecular weight is 223 g/mol. The van der Waals surface area contributed by atoms with Crippen LogP contribution in [0, 0.1) is 5.92 Å². The van der Waals surface area contributed by atoms with Crippen LogP contribution in [0.4, 0.5) is 0 Å². The SMILES string of the molecule is c1nc(CNC2CN3CCC2CC3)cs1. The summed E-state index contributed by atoms with van der Waals surface area (Å²) in [6, 6.07) is 0.703. The van der Waals surface area contributed by atoms with Gasteiger partial charge in [-0.15, -0.1) is 11.3 Å². The van der Waals surface area contributed by atoms with Crippen molar-refractivity contribution in [2.75, 3.05) is 19.6 Å². The second kappa shape index (κ2) is 4.20. The molecule has 1 aromatic rings. The first-order chi connectivity index (χ1) is 7.42. The molecule has 0 aliphatic carbocycles. The third kappa shape index (κ3) is 2.07. The van der Waals surface area contributed by atoms with Crippen LogP contribution in [-0.2, 0) is 6.54 Å². The monoisotopic (exact) mass is 223 g/mol. The van der Waals surface area contributed by atoms with Gasteiger partial charge in [0.15, 0.2) is 0 Å². The Labute approximate surface area is 94.5 Å².